The van der Waals surface area contributed by atoms with Crippen LogP contribution >= 0.6 is 0 Å². The van der Waals surface area contributed by atoms with Crippen molar-refractivity contribution in [2.75, 3.05) is 6.54 Å². The van der Waals surface area contributed by atoms with Crippen LogP contribution in [-0.4, -0.2) is 33.6 Å². The van der Waals surface area contributed by atoms with E-state index in [1.54, 1.807) is 18.7 Å². The van der Waals surface area contributed by atoms with Crippen molar-refractivity contribution in [1.29, 1.82) is 0 Å². The Morgan fingerprint density at radius 1 is 1.53 bits per heavy atom. The number of hydrogen-bond acceptors (Lipinski definition) is 4. The summed E-state index contributed by atoms with van der Waals surface area (Å²) in [6.45, 7) is 0.604. The number of aromatic amines is 1. The normalized spacial score (nSPS) is 11.3. The molecule has 6 nitrogen and oxygen atoms in total. The smallest absolute Gasteiger partial charge is 0.320 e. The van der Waals surface area contributed by atoms with Gasteiger partial charge in [0.15, 0.2) is 0 Å². The number of hydrogen-bond donors (Lipinski definition) is 4. The van der Waals surface area contributed by atoms with E-state index < -0.39 is 12.0 Å². The van der Waals surface area contributed by atoms with E-state index in [0.29, 0.717) is 13.0 Å². The number of carbonyl (C=O) groups is 1. The molecule has 0 radical (unpaired) electrons. The lowest BCUT2D eigenvalue weighted by Crippen LogP contribution is -2.29. The van der Waals surface area contributed by atoms with Gasteiger partial charge in [-0.1, -0.05) is 6.42 Å². The summed E-state index contributed by atoms with van der Waals surface area (Å²) in [5.41, 5.74) is 10.4. The van der Waals surface area contributed by atoms with Crippen molar-refractivity contribution >= 4 is 5.97 Å². The summed E-state index contributed by atoms with van der Waals surface area (Å²) < 4.78 is 0. The Hall–Kier alpha value is -1.40. The maximum atomic E-state index is 10.1. The molecule has 1 aromatic rings. The first-order chi connectivity index (χ1) is 7.18. The van der Waals surface area contributed by atoms with Gasteiger partial charge in [-0.15, -0.1) is 0 Å². The first-order valence-electron chi connectivity index (χ1n) is 4.79. The molecule has 0 saturated heterocycles. The van der Waals surface area contributed by atoms with Gasteiger partial charge in [-0.2, -0.15) is 0 Å². The highest BCUT2D eigenvalue weighted by molar-refractivity contribution is 5.72. The Kier molecular flexibility index (Phi) is 8.31. The number of carboxylic acids is 1. The number of unbranched alkanes of at least 4 members (excludes halogenated alkanes) is 1. The molecule has 86 valence electrons. The Morgan fingerprint density at radius 2 is 2.27 bits per heavy atom. The Bertz CT molecular complexity index is 221. The predicted molar refractivity (Wildman–Crippen MR) is 57.1 cm³/mol. The third-order valence-corrected chi connectivity index (χ3v) is 1.69. The van der Waals surface area contributed by atoms with Crippen LogP contribution in [0.2, 0.25) is 0 Å². The Morgan fingerprint density at radius 3 is 2.60 bits per heavy atom. The maximum absolute atomic E-state index is 10.1. The minimum Gasteiger partial charge on any atom is -0.480 e. The lowest BCUT2D eigenvalue weighted by Gasteiger charge is -2.03. The quantitative estimate of drug-likeness (QED) is 0.512. The van der Waals surface area contributed by atoms with Crippen LogP contribution in [0, 0.1) is 0 Å². The predicted octanol–water partition coefficient (Wildman–Crippen LogP) is -0.0630. The zero-order valence-electron chi connectivity index (χ0n) is 8.60. The molecule has 0 aliphatic rings. The van der Waals surface area contributed by atoms with Gasteiger partial charge < -0.3 is 21.6 Å². The van der Waals surface area contributed by atoms with Gasteiger partial charge in [-0.25, -0.2) is 4.98 Å². The van der Waals surface area contributed by atoms with Crippen molar-refractivity contribution < 1.29 is 9.90 Å². The zero-order valence-corrected chi connectivity index (χ0v) is 8.60. The minimum atomic E-state index is -0.933. The molecule has 0 unspecified atom stereocenters. The van der Waals surface area contributed by atoms with Gasteiger partial charge in [0.1, 0.15) is 6.04 Å². The fourth-order valence-corrected chi connectivity index (χ4v) is 0.847. The third kappa shape index (κ3) is 8.92. The van der Waals surface area contributed by atoms with E-state index in [9.17, 15) is 4.79 Å². The molecule has 1 heterocycles. The average molecular weight is 214 g/mol. The molecule has 6 heteroatoms. The van der Waals surface area contributed by atoms with E-state index in [-0.39, 0.29) is 0 Å². The van der Waals surface area contributed by atoms with Crippen molar-refractivity contribution in [2.24, 2.45) is 11.5 Å². The number of imidazole rings is 1. The van der Waals surface area contributed by atoms with Crippen LogP contribution in [0.3, 0.4) is 0 Å². The van der Waals surface area contributed by atoms with Crippen LogP contribution in [0.4, 0.5) is 0 Å². The largest absolute Gasteiger partial charge is 0.480 e. The van der Waals surface area contributed by atoms with E-state index >= 15 is 0 Å². The fourth-order valence-electron chi connectivity index (χ4n) is 0.847. The van der Waals surface area contributed by atoms with Gasteiger partial charge in [0, 0.05) is 12.4 Å². The number of nitrogens with two attached hydrogens (primary N) is 2. The van der Waals surface area contributed by atoms with E-state index in [1.165, 1.54) is 0 Å². The molecule has 0 fully saturated rings. The highest BCUT2D eigenvalue weighted by Crippen LogP contribution is 1.96. The van der Waals surface area contributed by atoms with E-state index in [2.05, 4.69) is 9.97 Å². The zero-order chi connectivity index (χ0) is 11.5. The minimum absolute atomic E-state index is 0.520. The summed E-state index contributed by atoms with van der Waals surface area (Å²) in [5, 5.41) is 8.33. The molecule has 0 aromatic carbocycles. The van der Waals surface area contributed by atoms with Crippen LogP contribution in [0.25, 0.3) is 0 Å². The van der Waals surface area contributed by atoms with Gasteiger partial charge in [-0.05, 0) is 19.4 Å². The molecule has 1 aromatic heterocycles. The summed E-state index contributed by atoms with van der Waals surface area (Å²) in [7, 11) is 0. The molecular weight excluding hydrogens is 196 g/mol. The molecule has 15 heavy (non-hydrogen) atoms. The second-order valence-corrected chi connectivity index (χ2v) is 2.99. The molecule has 0 aliphatic carbocycles. The summed E-state index contributed by atoms with van der Waals surface area (Å²) in [6, 6.07) is -0.716. The molecular formula is C9H18N4O2. The van der Waals surface area contributed by atoms with Crippen molar-refractivity contribution in [2.45, 2.75) is 25.3 Å². The summed E-state index contributed by atoms with van der Waals surface area (Å²) >= 11 is 0. The Balaban J connectivity index is 0.000000322. The fraction of sp³-hybridized carbons (Fsp3) is 0.556. The number of H-pyrrole nitrogens is 1. The van der Waals surface area contributed by atoms with Gasteiger partial charge in [-0.3, -0.25) is 4.79 Å². The Labute approximate surface area is 88.7 Å². The standard InChI is InChI=1S/C6H14N2O2.C3H4N2/c7-4-2-1-3-5(8)6(9)10;1-2-5-3-4-1/h5H,1-4,7-8H2,(H,9,10);1-3H,(H,4,5)/t5-;/m0./s1. The topological polar surface area (TPSA) is 118 Å². The van der Waals surface area contributed by atoms with Gasteiger partial charge in [0.2, 0.25) is 0 Å². The molecule has 0 bridgehead atoms. The molecule has 0 saturated carbocycles. The van der Waals surface area contributed by atoms with Gasteiger partial charge in [0.05, 0.1) is 6.33 Å². The average Bonchev–Trinajstić information content (AvgIpc) is 2.75. The number of aromatic nitrogens is 2. The summed E-state index contributed by atoms with van der Waals surface area (Å²) in [5.74, 6) is -0.933. The van der Waals surface area contributed by atoms with Crippen molar-refractivity contribution in [3.8, 4) is 0 Å². The summed E-state index contributed by atoms with van der Waals surface area (Å²) in [6.07, 6.45) is 7.25. The molecule has 0 amide bonds. The van der Waals surface area contributed by atoms with E-state index in [4.69, 9.17) is 16.6 Å². The van der Waals surface area contributed by atoms with Crippen molar-refractivity contribution in [3.63, 3.8) is 0 Å². The first kappa shape index (κ1) is 13.6. The second-order valence-electron chi connectivity index (χ2n) is 2.99. The molecule has 0 spiro atoms. The van der Waals surface area contributed by atoms with Crippen LogP contribution in [0.15, 0.2) is 18.7 Å². The lowest BCUT2D eigenvalue weighted by molar-refractivity contribution is -0.138. The highest BCUT2D eigenvalue weighted by Gasteiger charge is 2.09. The van der Waals surface area contributed by atoms with Crippen LogP contribution < -0.4 is 11.5 Å². The second kappa shape index (κ2) is 9.17. The molecule has 6 N–H and O–H groups in total. The number of rotatable bonds is 5. The van der Waals surface area contributed by atoms with Crippen LogP contribution in [-0.2, 0) is 4.79 Å². The number of nitrogens with one attached hydrogen (secondary N) is 1. The van der Waals surface area contributed by atoms with Gasteiger partial charge >= 0.3 is 5.97 Å². The van der Waals surface area contributed by atoms with Gasteiger partial charge in [0.25, 0.3) is 0 Å². The van der Waals surface area contributed by atoms with Crippen molar-refractivity contribution in [1.82, 2.24) is 9.97 Å². The van der Waals surface area contributed by atoms with Crippen LogP contribution in [0.5, 0.6) is 0 Å². The maximum Gasteiger partial charge on any atom is 0.320 e. The molecule has 1 atom stereocenters. The summed E-state index contributed by atoms with van der Waals surface area (Å²) in [4.78, 5) is 16.6. The van der Waals surface area contributed by atoms with Crippen molar-refractivity contribution in [3.05, 3.63) is 18.7 Å². The molecule has 0 aliphatic heterocycles. The highest BCUT2D eigenvalue weighted by atomic mass is 16.4. The van der Waals surface area contributed by atoms with E-state index in [0.717, 1.165) is 12.8 Å². The van der Waals surface area contributed by atoms with E-state index in [1.807, 2.05) is 0 Å². The lowest BCUT2D eigenvalue weighted by atomic mass is 10.1. The molecule has 1 rings (SSSR count). The number of carboxylic acid groups (broad SMARTS) is 1. The number of nitrogens with zero attached hydrogens (tertiary/aromatic N) is 1. The first-order valence-corrected chi connectivity index (χ1v) is 4.79. The SMILES string of the molecule is NCCCC[C@H](N)C(=O)O.c1c[nH]cn1. The monoisotopic (exact) mass is 214 g/mol. The number of aliphatic carboxylic acids is 1. The van der Waals surface area contributed by atoms with Crippen LogP contribution in [0.1, 0.15) is 19.3 Å². The third-order valence-electron chi connectivity index (χ3n) is 1.69.